The number of carboxylic acids is 1. The molecule has 0 aliphatic carbocycles. The summed E-state index contributed by atoms with van der Waals surface area (Å²) in [4.78, 5) is 67.5. The maximum absolute atomic E-state index is 11.7. The van der Waals surface area contributed by atoms with E-state index in [1.165, 1.54) is 69.0 Å². The highest BCUT2D eigenvalue weighted by molar-refractivity contribution is 8.96. The van der Waals surface area contributed by atoms with E-state index >= 15 is 0 Å². The highest BCUT2D eigenvalue weighted by Crippen LogP contribution is 2.36. The van der Waals surface area contributed by atoms with Crippen molar-refractivity contribution in [2.75, 3.05) is 41.9 Å². The van der Waals surface area contributed by atoms with Gasteiger partial charge < -0.3 is 16.2 Å². The number of aryl methyl sites for hydroxylation is 1. The number of carbonyl (C=O) groups is 6. The van der Waals surface area contributed by atoms with Gasteiger partial charge in [-0.3, -0.25) is 28.8 Å². The van der Waals surface area contributed by atoms with E-state index in [2.05, 4.69) is 72.2 Å². The first-order valence-corrected chi connectivity index (χ1v) is 38.6. The Morgan fingerprint density at radius 3 is 1.35 bits per heavy atom. The van der Waals surface area contributed by atoms with Crippen LogP contribution in [0.25, 0.3) is 0 Å². The second-order valence-electron chi connectivity index (χ2n) is 18.1. The number of nitriles is 1. The van der Waals surface area contributed by atoms with E-state index in [1.807, 2.05) is 6.92 Å². The molecule has 486 valence electrons. The third kappa shape index (κ3) is 73.7. The minimum absolute atomic E-state index is 0.0240. The van der Waals surface area contributed by atoms with Crippen molar-refractivity contribution in [3.05, 3.63) is 29.8 Å². The van der Waals surface area contributed by atoms with E-state index in [0.717, 1.165) is 86.3 Å². The van der Waals surface area contributed by atoms with Gasteiger partial charge in [-0.05, 0) is 123 Å². The molecule has 0 spiro atoms. The average molecular weight is 1450 g/mol. The number of terminal acetylenes is 6. The summed E-state index contributed by atoms with van der Waals surface area (Å²) in [5.41, 5.74) is 5.96. The number of nitrogens with one attached hydrogen (secondary N) is 1. The lowest BCUT2D eigenvalue weighted by Gasteiger charge is -2.20. The van der Waals surface area contributed by atoms with Crippen molar-refractivity contribution in [1.82, 2.24) is 5.32 Å². The smallest absolute Gasteiger partial charge is 0.303 e. The number of nitrogens with zero attached hydrogens (tertiary/aromatic N) is 1. The van der Waals surface area contributed by atoms with E-state index in [9.17, 15) is 42.4 Å². The van der Waals surface area contributed by atoms with E-state index in [1.54, 1.807) is 30.8 Å². The number of carboxylic acid groups (broad SMARTS) is 1. The molecule has 1 atom stereocenters. The first-order chi connectivity index (χ1) is 41.8. The molecule has 0 aromatic heterocycles. The van der Waals surface area contributed by atoms with E-state index < -0.39 is 19.8 Å². The van der Waals surface area contributed by atoms with Gasteiger partial charge in [-0.1, -0.05) is 66.1 Å². The van der Waals surface area contributed by atoms with Gasteiger partial charge in [0.2, 0.25) is 5.91 Å². The molecule has 0 bridgehead atoms. The summed E-state index contributed by atoms with van der Waals surface area (Å²) in [6.45, 7) is 4.95. The summed E-state index contributed by atoms with van der Waals surface area (Å²) in [5.74, 6) is 18.9. The molecule has 0 saturated heterocycles. The number of thiol groups is 2. The minimum atomic E-state index is -3.55. The van der Waals surface area contributed by atoms with Crippen molar-refractivity contribution in [2.24, 2.45) is 5.73 Å². The fourth-order valence-corrected chi connectivity index (χ4v) is 14.3. The van der Waals surface area contributed by atoms with Gasteiger partial charge in [0.05, 0.1) is 11.0 Å². The first-order valence-electron chi connectivity index (χ1n) is 27.9. The molecular weight excluding hydrogens is 1360 g/mol. The fraction of sp³-hybridized carbons (Fsp3) is 0.556. The Labute approximate surface area is 584 Å². The third-order valence-electron chi connectivity index (χ3n) is 10.2. The summed E-state index contributed by atoms with van der Waals surface area (Å²) in [5, 5.41) is 20.3. The molecule has 1 aromatic carbocycles. The Morgan fingerprint density at radius 2 is 0.966 bits per heavy atom. The van der Waals surface area contributed by atoms with Crippen molar-refractivity contribution in [1.29, 1.82) is 5.26 Å². The van der Waals surface area contributed by atoms with Crippen molar-refractivity contribution in [3.63, 3.8) is 0 Å². The third-order valence-corrected chi connectivity index (χ3v) is 21.7. The second kappa shape index (κ2) is 68.3. The Kier molecular flexibility index (Phi) is 72.7. The molecule has 0 aliphatic rings. The van der Waals surface area contributed by atoms with Gasteiger partial charge in [0.1, 0.15) is 38.5 Å². The molecule has 88 heavy (non-hydrogen) atoms. The number of carbonyl (C=O) groups excluding carboxylic acids is 5. The molecule has 1 amide bonds. The first kappa shape index (κ1) is 93.7. The van der Waals surface area contributed by atoms with Crippen LogP contribution in [0.2, 0.25) is 0 Å². The number of amides is 1. The number of benzene rings is 1. The largest absolute Gasteiger partial charge is 0.481 e. The second-order valence-corrected chi connectivity index (χ2v) is 32.1. The topological polar surface area (TPSA) is 219 Å². The van der Waals surface area contributed by atoms with Crippen LogP contribution in [0.5, 0.6) is 0 Å². The highest BCUT2D eigenvalue weighted by atomic mass is 35.7. The molecule has 1 aromatic rings. The van der Waals surface area contributed by atoms with Gasteiger partial charge in [-0.15, -0.1) is 109 Å². The Hall–Kier alpha value is -3.04. The maximum Gasteiger partial charge on any atom is 0.303 e. The maximum atomic E-state index is 11.7. The van der Waals surface area contributed by atoms with Gasteiger partial charge in [0.15, 0.2) is 0 Å². The number of halogens is 1. The fourth-order valence-electron chi connectivity index (χ4n) is 5.64. The molecule has 1 rings (SSSR count). The summed E-state index contributed by atoms with van der Waals surface area (Å²) in [6, 6.07) is 8.63. The lowest BCUT2D eigenvalue weighted by molar-refractivity contribution is -0.137. The standard InChI is InChI=1S/C20H25NO2S3.C19H25NO2S6.C9H14OS.C7H7ClO2S.C6H8O2.C2H7NS/c1-4-6-8-11-17(22)12-9-15-25-19(24)26-20(3,16-21)14-13-18(23)10-7-5-2;1-3-5-7-10-16(21)11-9-14-25-18(23)27-28-19(24)26-15-13-20-17(22)12-8-6-4-2;1-2-3-4-6-9(10)7-5-8-11;1-6-2-4-7(5-3-6)11(8,9)10;1-2-3-4-5-6(7)8;3-1-2-4/h1-2H,6-15H2,3H3;1-2H,5-15H2,(H,20,22);1,11H,3-8H2;2-5H,1H3;1H,3-5H2,(H,7,8);4H,1-3H2. The number of ketones is 4. The van der Waals surface area contributed by atoms with E-state index in [-0.39, 0.29) is 34.6 Å². The van der Waals surface area contributed by atoms with Gasteiger partial charge in [-0.25, -0.2) is 8.42 Å². The number of hydrogen-bond acceptors (Lipinski definition) is 21. The zero-order valence-electron chi connectivity index (χ0n) is 50.5. The van der Waals surface area contributed by atoms with Gasteiger partial charge in [0.25, 0.3) is 9.05 Å². The van der Waals surface area contributed by atoms with Crippen LogP contribution < -0.4 is 11.1 Å². The SMILES string of the molecule is C#CCCCC(=O)CCCS.C#CCCCC(=O)CCCSC(=S)SC(C)(C#N)CCC(=O)CCC#C.C#CCCCC(=O)CCCSC(=S)SSC(=S)SCCNC(=O)CCCC#C.C#CCCCC(=O)O.Cc1ccc(S(=O)(=O)Cl)cc1.NCCS. The molecule has 4 N–H and O–H groups in total. The highest BCUT2D eigenvalue weighted by Gasteiger charge is 2.27. The Morgan fingerprint density at radius 1 is 0.591 bits per heavy atom. The predicted molar refractivity (Wildman–Crippen MR) is 402 cm³/mol. The predicted octanol–water partition coefficient (Wildman–Crippen LogP) is 15.2. The normalized spacial score (nSPS) is 10.4. The number of unbranched alkanes of at least 4 members (excludes halogenated alkanes) is 5. The van der Waals surface area contributed by atoms with E-state index in [0.29, 0.717) is 132 Å². The summed E-state index contributed by atoms with van der Waals surface area (Å²) in [7, 11) is 4.48. The minimum Gasteiger partial charge on any atom is -0.481 e. The van der Waals surface area contributed by atoms with Crippen molar-refractivity contribution in [2.45, 2.75) is 184 Å². The van der Waals surface area contributed by atoms with Crippen LogP contribution in [0.1, 0.15) is 173 Å². The molecule has 0 aliphatic heterocycles. The lowest BCUT2D eigenvalue weighted by Crippen LogP contribution is -2.25. The number of thiocarbonyl (C=S) groups is 3. The quantitative estimate of drug-likeness (QED) is 0.0104. The summed E-state index contributed by atoms with van der Waals surface area (Å²) in [6.07, 6.45) is 45.6. The van der Waals surface area contributed by atoms with Crippen molar-refractivity contribution in [3.8, 4) is 80.1 Å². The van der Waals surface area contributed by atoms with Crippen LogP contribution >= 0.6 is 141 Å². The summed E-state index contributed by atoms with van der Waals surface area (Å²) >= 11 is 29.7. The molecule has 1 unspecified atom stereocenters. The number of aliphatic carboxylic acids is 1. The number of hydrogen-bond donors (Lipinski definition) is 5. The molecule has 0 fully saturated rings. The molecular formula is C63H86ClN3O9S12. The molecule has 0 heterocycles. The number of Topliss-reactive ketones (excluding diaryl/α,β-unsaturated/α-hetero) is 4. The van der Waals surface area contributed by atoms with Gasteiger partial charge in [0, 0.05) is 138 Å². The summed E-state index contributed by atoms with van der Waals surface area (Å²) < 4.78 is 23.0. The van der Waals surface area contributed by atoms with Gasteiger partial charge in [-0.2, -0.15) is 30.5 Å². The zero-order valence-corrected chi connectivity index (χ0v) is 61.2. The number of thioether (sulfide) groups is 4. The Bertz CT molecular complexity index is 2560. The van der Waals surface area contributed by atoms with E-state index in [4.69, 9.17) is 96.7 Å². The van der Waals surface area contributed by atoms with Crippen LogP contribution in [0.3, 0.4) is 0 Å². The Balaban J connectivity index is -0.000000346. The zero-order chi connectivity index (χ0) is 67.7. The number of nitrogens with two attached hydrogens (primary N) is 1. The van der Waals surface area contributed by atoms with Crippen LogP contribution in [0.15, 0.2) is 29.2 Å². The molecule has 25 heteroatoms. The molecule has 0 saturated carbocycles. The van der Waals surface area contributed by atoms with Crippen molar-refractivity contribution >= 4 is 196 Å². The van der Waals surface area contributed by atoms with Crippen LogP contribution in [-0.2, 0) is 37.8 Å². The molecule has 0 radical (unpaired) electrons. The monoisotopic (exact) mass is 1450 g/mol. The van der Waals surface area contributed by atoms with Crippen molar-refractivity contribution < 1.29 is 42.3 Å². The van der Waals surface area contributed by atoms with Gasteiger partial charge >= 0.3 is 5.97 Å². The molecule has 12 nitrogen and oxygen atoms in total. The van der Waals surface area contributed by atoms with Crippen LogP contribution in [0.4, 0.5) is 0 Å². The van der Waals surface area contributed by atoms with Crippen LogP contribution in [0, 0.1) is 92.3 Å². The lowest BCUT2D eigenvalue weighted by atomic mass is 10.0. The van der Waals surface area contributed by atoms with Crippen LogP contribution in [-0.4, -0.2) is 106 Å². The number of rotatable bonds is 37. The average Bonchev–Trinajstić information content (AvgIpc) is 3.55.